The van der Waals surface area contributed by atoms with Crippen molar-refractivity contribution in [3.63, 3.8) is 0 Å². The third kappa shape index (κ3) is 3.06. The molecule has 0 aliphatic rings. The van der Waals surface area contributed by atoms with Gasteiger partial charge in [-0.05, 0) is 25.1 Å². The molecule has 0 unspecified atom stereocenters. The number of esters is 1. The van der Waals surface area contributed by atoms with Gasteiger partial charge in [-0.25, -0.2) is 0 Å². The summed E-state index contributed by atoms with van der Waals surface area (Å²) in [7, 11) is 0. The van der Waals surface area contributed by atoms with Crippen molar-refractivity contribution in [1.29, 1.82) is 0 Å². The number of benzene rings is 2. The molecular weight excluding hydrogens is 346 g/mol. The highest BCUT2D eigenvalue weighted by molar-refractivity contribution is 6.16. The zero-order chi connectivity index (χ0) is 19.0. The standard InChI is InChI=1S/C21H17NO5/c1-12-19(21(24)22-11-14-6-5-9-25-14)17-10-18(27-13(2)23)15-7-3-4-8-16(15)20(17)26-12/h3-10H,11H2,1-2H3,(H,22,24). The molecule has 6 heteroatoms. The van der Waals surface area contributed by atoms with Gasteiger partial charge in [0, 0.05) is 23.1 Å². The highest BCUT2D eigenvalue weighted by Gasteiger charge is 2.22. The lowest BCUT2D eigenvalue weighted by Crippen LogP contribution is -2.23. The van der Waals surface area contributed by atoms with Gasteiger partial charge in [0.2, 0.25) is 0 Å². The molecule has 1 amide bonds. The number of fused-ring (bicyclic) bond motifs is 3. The number of carbonyl (C=O) groups is 2. The number of furan rings is 2. The van der Waals surface area contributed by atoms with Crippen LogP contribution < -0.4 is 10.1 Å². The molecule has 0 aliphatic heterocycles. The van der Waals surface area contributed by atoms with Crippen LogP contribution in [0.4, 0.5) is 0 Å². The molecule has 1 N–H and O–H groups in total. The minimum absolute atomic E-state index is 0.266. The Balaban J connectivity index is 1.83. The minimum atomic E-state index is -0.427. The second-order valence-electron chi connectivity index (χ2n) is 6.19. The first-order valence-corrected chi connectivity index (χ1v) is 8.48. The van der Waals surface area contributed by atoms with Crippen molar-refractivity contribution >= 4 is 33.6 Å². The maximum absolute atomic E-state index is 12.8. The van der Waals surface area contributed by atoms with Crippen LogP contribution in [-0.4, -0.2) is 11.9 Å². The highest BCUT2D eigenvalue weighted by Crippen LogP contribution is 2.37. The first-order valence-electron chi connectivity index (χ1n) is 8.48. The fourth-order valence-corrected chi connectivity index (χ4v) is 3.20. The second-order valence-corrected chi connectivity index (χ2v) is 6.19. The van der Waals surface area contributed by atoms with Crippen molar-refractivity contribution in [1.82, 2.24) is 5.32 Å². The number of hydrogen-bond acceptors (Lipinski definition) is 5. The smallest absolute Gasteiger partial charge is 0.308 e. The van der Waals surface area contributed by atoms with Crippen molar-refractivity contribution in [2.24, 2.45) is 0 Å². The molecule has 0 spiro atoms. The van der Waals surface area contributed by atoms with Crippen LogP contribution in [0.5, 0.6) is 5.75 Å². The van der Waals surface area contributed by atoms with Gasteiger partial charge in [-0.1, -0.05) is 24.3 Å². The van der Waals surface area contributed by atoms with E-state index in [2.05, 4.69) is 5.32 Å². The molecule has 0 radical (unpaired) electrons. The Labute approximate surface area is 154 Å². The van der Waals surface area contributed by atoms with Crippen molar-refractivity contribution < 1.29 is 23.2 Å². The lowest BCUT2D eigenvalue weighted by atomic mass is 10.0. The van der Waals surface area contributed by atoms with Gasteiger partial charge < -0.3 is 18.9 Å². The fourth-order valence-electron chi connectivity index (χ4n) is 3.20. The number of ether oxygens (including phenoxy) is 1. The lowest BCUT2D eigenvalue weighted by Gasteiger charge is -2.08. The number of rotatable bonds is 4. The molecule has 0 fully saturated rings. The van der Waals surface area contributed by atoms with Crippen LogP contribution in [0.3, 0.4) is 0 Å². The summed E-state index contributed by atoms with van der Waals surface area (Å²) in [5.41, 5.74) is 0.998. The number of nitrogens with one attached hydrogen (secondary N) is 1. The minimum Gasteiger partial charge on any atom is -0.467 e. The second kappa shape index (κ2) is 6.64. The molecule has 27 heavy (non-hydrogen) atoms. The summed E-state index contributed by atoms with van der Waals surface area (Å²) in [4.78, 5) is 24.3. The predicted octanol–water partition coefficient (Wildman–Crippen LogP) is 4.34. The van der Waals surface area contributed by atoms with E-state index in [0.29, 0.717) is 33.8 Å². The third-order valence-corrected chi connectivity index (χ3v) is 4.32. The van der Waals surface area contributed by atoms with Gasteiger partial charge in [-0.15, -0.1) is 0 Å². The van der Waals surface area contributed by atoms with Crippen molar-refractivity contribution in [2.45, 2.75) is 20.4 Å². The van der Waals surface area contributed by atoms with Crippen LogP contribution in [0.2, 0.25) is 0 Å². The molecule has 4 rings (SSSR count). The van der Waals surface area contributed by atoms with Gasteiger partial charge in [0.1, 0.15) is 22.9 Å². The third-order valence-electron chi connectivity index (χ3n) is 4.32. The molecule has 0 saturated carbocycles. The fraction of sp³-hybridized carbons (Fsp3) is 0.143. The Morgan fingerprint density at radius 3 is 2.56 bits per heavy atom. The van der Waals surface area contributed by atoms with Crippen molar-refractivity contribution in [3.05, 3.63) is 65.8 Å². The van der Waals surface area contributed by atoms with E-state index in [4.69, 9.17) is 13.6 Å². The van der Waals surface area contributed by atoms with E-state index < -0.39 is 5.97 Å². The average molecular weight is 363 g/mol. The maximum atomic E-state index is 12.8. The molecule has 0 saturated heterocycles. The zero-order valence-corrected chi connectivity index (χ0v) is 14.9. The molecule has 0 atom stereocenters. The average Bonchev–Trinajstić information content (AvgIpc) is 3.27. The van der Waals surface area contributed by atoms with E-state index in [-0.39, 0.29) is 12.5 Å². The topological polar surface area (TPSA) is 81.7 Å². The Morgan fingerprint density at radius 2 is 1.85 bits per heavy atom. The molecule has 2 heterocycles. The van der Waals surface area contributed by atoms with Gasteiger partial charge >= 0.3 is 5.97 Å². The lowest BCUT2D eigenvalue weighted by molar-refractivity contribution is -0.131. The molecule has 6 nitrogen and oxygen atoms in total. The van der Waals surface area contributed by atoms with E-state index in [1.807, 2.05) is 24.3 Å². The highest BCUT2D eigenvalue weighted by atomic mass is 16.5. The molecule has 0 aliphatic carbocycles. The molecule has 2 aromatic heterocycles. The zero-order valence-electron chi connectivity index (χ0n) is 14.9. The molecular formula is C21H17NO5. The van der Waals surface area contributed by atoms with Crippen LogP contribution in [0.15, 0.2) is 57.6 Å². The SMILES string of the molecule is CC(=O)Oc1cc2c(C(=O)NCc3ccco3)c(C)oc2c2ccccc12. The summed E-state index contributed by atoms with van der Waals surface area (Å²) in [6.45, 7) is 3.35. The molecule has 2 aromatic carbocycles. The van der Waals surface area contributed by atoms with Crippen molar-refractivity contribution in [3.8, 4) is 5.75 Å². The van der Waals surface area contributed by atoms with Gasteiger partial charge in [-0.3, -0.25) is 9.59 Å². The first-order chi connectivity index (χ1) is 13.0. The Kier molecular flexibility index (Phi) is 4.16. The van der Waals surface area contributed by atoms with Crippen LogP contribution in [0.25, 0.3) is 21.7 Å². The van der Waals surface area contributed by atoms with Crippen LogP contribution in [0.1, 0.15) is 28.8 Å². The predicted molar refractivity (Wildman–Crippen MR) is 99.6 cm³/mol. The summed E-state index contributed by atoms with van der Waals surface area (Å²) in [6.07, 6.45) is 1.55. The number of amides is 1. The monoisotopic (exact) mass is 363 g/mol. The van der Waals surface area contributed by atoms with E-state index >= 15 is 0 Å². The van der Waals surface area contributed by atoms with Gasteiger partial charge in [-0.2, -0.15) is 0 Å². The Bertz CT molecular complexity index is 1150. The largest absolute Gasteiger partial charge is 0.467 e. The van der Waals surface area contributed by atoms with E-state index in [1.54, 1.807) is 31.4 Å². The molecule has 0 bridgehead atoms. The summed E-state index contributed by atoms with van der Waals surface area (Å²) in [5.74, 6) is 0.827. The summed E-state index contributed by atoms with van der Waals surface area (Å²) >= 11 is 0. The summed E-state index contributed by atoms with van der Waals surface area (Å²) in [5, 5.41) is 4.95. The summed E-state index contributed by atoms with van der Waals surface area (Å²) in [6, 6.07) is 12.7. The van der Waals surface area contributed by atoms with Gasteiger partial charge in [0.25, 0.3) is 5.91 Å². The molecule has 4 aromatic rings. The first kappa shape index (κ1) is 16.9. The van der Waals surface area contributed by atoms with Crippen LogP contribution in [-0.2, 0) is 11.3 Å². The summed E-state index contributed by atoms with van der Waals surface area (Å²) < 4.78 is 16.5. The van der Waals surface area contributed by atoms with E-state index in [9.17, 15) is 9.59 Å². The van der Waals surface area contributed by atoms with E-state index in [0.717, 1.165) is 10.8 Å². The number of aryl methyl sites for hydroxylation is 1. The quantitative estimate of drug-likeness (QED) is 0.431. The number of hydrogen-bond donors (Lipinski definition) is 1. The molecule has 136 valence electrons. The Morgan fingerprint density at radius 1 is 1.07 bits per heavy atom. The van der Waals surface area contributed by atoms with Crippen LogP contribution in [0, 0.1) is 6.92 Å². The Hall–Kier alpha value is -3.54. The van der Waals surface area contributed by atoms with Gasteiger partial charge in [0.15, 0.2) is 0 Å². The maximum Gasteiger partial charge on any atom is 0.308 e. The van der Waals surface area contributed by atoms with Crippen LogP contribution >= 0.6 is 0 Å². The van der Waals surface area contributed by atoms with Crippen molar-refractivity contribution in [2.75, 3.05) is 0 Å². The number of carbonyl (C=O) groups excluding carboxylic acids is 2. The normalized spacial score (nSPS) is 11.0. The van der Waals surface area contributed by atoms with E-state index in [1.165, 1.54) is 6.92 Å². The van der Waals surface area contributed by atoms with Gasteiger partial charge in [0.05, 0.1) is 18.4 Å².